The van der Waals surface area contributed by atoms with Crippen LogP contribution in [-0.2, 0) is 19.6 Å². The van der Waals surface area contributed by atoms with E-state index in [0.717, 1.165) is 51.7 Å². The largest absolute Gasteiger partial charge is 0.378 e. The van der Waals surface area contributed by atoms with Crippen molar-refractivity contribution in [2.75, 3.05) is 39.0 Å². The minimum atomic E-state index is -3.13. The van der Waals surface area contributed by atoms with Gasteiger partial charge in [0.05, 0.1) is 11.9 Å². The first-order valence-electron chi connectivity index (χ1n) is 9.82. The molecule has 2 fully saturated rings. The van der Waals surface area contributed by atoms with Crippen LogP contribution in [0.3, 0.4) is 0 Å². The van der Waals surface area contributed by atoms with Crippen molar-refractivity contribution in [2.45, 2.75) is 70.3 Å². The molecule has 1 amide bonds. The number of carbonyl (C=O) groups is 1. The smallest absolute Gasteiger partial charge is 0.222 e. The molecule has 0 bridgehead atoms. The van der Waals surface area contributed by atoms with E-state index in [4.69, 9.17) is 4.74 Å². The summed E-state index contributed by atoms with van der Waals surface area (Å²) in [7, 11) is -1.31. The van der Waals surface area contributed by atoms with E-state index in [1.807, 2.05) is 7.05 Å². The number of unbranched alkanes of at least 4 members (excludes halogenated alkanes) is 1. The zero-order valence-electron chi connectivity index (χ0n) is 15.6. The van der Waals surface area contributed by atoms with Gasteiger partial charge in [0.15, 0.2) is 0 Å². The van der Waals surface area contributed by atoms with E-state index in [2.05, 4.69) is 0 Å². The molecule has 25 heavy (non-hydrogen) atoms. The fraction of sp³-hybridized carbons (Fsp3) is 0.944. The van der Waals surface area contributed by atoms with Crippen molar-refractivity contribution in [3.8, 4) is 0 Å². The summed E-state index contributed by atoms with van der Waals surface area (Å²) < 4.78 is 31.8. The molecule has 146 valence electrons. The molecule has 2 aliphatic rings. The summed E-state index contributed by atoms with van der Waals surface area (Å²) in [5.74, 6) is 0.270. The summed E-state index contributed by atoms with van der Waals surface area (Å²) in [6.45, 7) is 2.88. The molecule has 0 aromatic carbocycles. The lowest BCUT2D eigenvalue weighted by Gasteiger charge is -2.26. The fourth-order valence-electron chi connectivity index (χ4n) is 3.52. The summed E-state index contributed by atoms with van der Waals surface area (Å²) in [6.07, 6.45) is 9.32. The Morgan fingerprint density at radius 2 is 1.88 bits per heavy atom. The maximum atomic E-state index is 12.3. The summed E-state index contributed by atoms with van der Waals surface area (Å²) in [6, 6.07) is 0. The Labute approximate surface area is 152 Å². The van der Waals surface area contributed by atoms with Crippen LogP contribution < -0.4 is 0 Å². The fourth-order valence-corrected chi connectivity index (χ4v) is 5.16. The van der Waals surface area contributed by atoms with Crippen LogP contribution in [0.1, 0.15) is 64.2 Å². The number of ether oxygens (including phenoxy) is 1. The zero-order chi connectivity index (χ0) is 18.1. The second-order valence-electron chi connectivity index (χ2n) is 7.33. The quantitative estimate of drug-likeness (QED) is 0.581. The van der Waals surface area contributed by atoms with Crippen molar-refractivity contribution in [1.29, 1.82) is 0 Å². The molecule has 0 aliphatic carbocycles. The maximum absolute atomic E-state index is 12.3. The highest BCUT2D eigenvalue weighted by Crippen LogP contribution is 2.17. The van der Waals surface area contributed by atoms with Crippen LogP contribution >= 0.6 is 0 Å². The number of hydrogen-bond acceptors (Lipinski definition) is 4. The molecule has 6 nitrogen and oxygen atoms in total. The van der Waals surface area contributed by atoms with Crippen LogP contribution in [0.5, 0.6) is 0 Å². The molecule has 1 unspecified atom stereocenters. The number of piperidine rings is 1. The predicted molar refractivity (Wildman–Crippen MR) is 98.9 cm³/mol. The highest BCUT2D eigenvalue weighted by atomic mass is 32.2. The van der Waals surface area contributed by atoms with Crippen molar-refractivity contribution in [3.63, 3.8) is 0 Å². The molecular weight excluding hydrogens is 340 g/mol. The van der Waals surface area contributed by atoms with Crippen molar-refractivity contribution >= 4 is 15.9 Å². The molecular formula is C18H34N2O4S. The van der Waals surface area contributed by atoms with Crippen molar-refractivity contribution in [3.05, 3.63) is 0 Å². The molecule has 1 atom stereocenters. The summed E-state index contributed by atoms with van der Waals surface area (Å²) in [4.78, 5) is 13.9. The lowest BCUT2D eigenvalue weighted by Crippen LogP contribution is -2.37. The molecule has 0 spiro atoms. The van der Waals surface area contributed by atoms with Gasteiger partial charge in [-0.1, -0.05) is 6.42 Å². The Kier molecular flexibility index (Phi) is 8.66. The second-order valence-corrected chi connectivity index (χ2v) is 9.41. The lowest BCUT2D eigenvalue weighted by atomic mass is 10.1. The SMILES string of the molecule is CN(CCC1CCCCO1)C(=O)CCCCS(=O)(=O)N1CCCCC1. The molecule has 0 radical (unpaired) electrons. The summed E-state index contributed by atoms with van der Waals surface area (Å²) in [5.41, 5.74) is 0. The van der Waals surface area contributed by atoms with Crippen LogP contribution in [0, 0.1) is 0 Å². The third-order valence-corrected chi connectivity index (χ3v) is 7.19. The van der Waals surface area contributed by atoms with Gasteiger partial charge in [-0.3, -0.25) is 4.79 Å². The standard InChI is InChI=1S/C18H34N2O4S/c1-19(14-11-17-9-3-7-15-24-17)18(21)10-4-8-16-25(22,23)20-12-5-2-6-13-20/h17H,2-16H2,1H3. The van der Waals surface area contributed by atoms with Gasteiger partial charge in [-0.05, 0) is 51.4 Å². The van der Waals surface area contributed by atoms with Crippen LogP contribution in [0.4, 0.5) is 0 Å². The Morgan fingerprint density at radius 3 is 2.56 bits per heavy atom. The highest BCUT2D eigenvalue weighted by molar-refractivity contribution is 7.89. The Bertz CT molecular complexity index is 497. The maximum Gasteiger partial charge on any atom is 0.222 e. The number of rotatable bonds is 9. The highest BCUT2D eigenvalue weighted by Gasteiger charge is 2.23. The molecule has 2 aliphatic heterocycles. The van der Waals surface area contributed by atoms with E-state index in [1.54, 1.807) is 9.21 Å². The first-order chi connectivity index (χ1) is 12.0. The third kappa shape index (κ3) is 7.23. The molecule has 7 heteroatoms. The van der Waals surface area contributed by atoms with Gasteiger partial charge in [-0.15, -0.1) is 0 Å². The monoisotopic (exact) mass is 374 g/mol. The number of nitrogens with zero attached hydrogens (tertiary/aromatic N) is 2. The van der Waals surface area contributed by atoms with Gasteiger partial charge in [0.2, 0.25) is 15.9 Å². The van der Waals surface area contributed by atoms with Crippen molar-refractivity contribution in [1.82, 2.24) is 9.21 Å². The minimum absolute atomic E-state index is 0.103. The van der Waals surface area contributed by atoms with E-state index in [-0.39, 0.29) is 11.7 Å². The lowest BCUT2D eigenvalue weighted by molar-refractivity contribution is -0.130. The molecule has 2 rings (SSSR count). The minimum Gasteiger partial charge on any atom is -0.378 e. The molecule has 2 heterocycles. The Balaban J connectivity index is 1.59. The van der Waals surface area contributed by atoms with Gasteiger partial charge in [0, 0.05) is 39.7 Å². The van der Waals surface area contributed by atoms with Gasteiger partial charge < -0.3 is 9.64 Å². The molecule has 0 saturated carbocycles. The van der Waals surface area contributed by atoms with E-state index in [1.165, 1.54) is 6.42 Å². The number of hydrogen-bond donors (Lipinski definition) is 0. The normalized spacial score (nSPS) is 22.7. The average Bonchev–Trinajstić information content (AvgIpc) is 2.64. The van der Waals surface area contributed by atoms with Crippen LogP contribution in [-0.4, -0.2) is 68.7 Å². The van der Waals surface area contributed by atoms with Crippen LogP contribution in [0.15, 0.2) is 0 Å². The predicted octanol–water partition coefficient (Wildman–Crippen LogP) is 2.39. The van der Waals surface area contributed by atoms with E-state index < -0.39 is 10.0 Å². The van der Waals surface area contributed by atoms with Crippen molar-refractivity contribution in [2.24, 2.45) is 0 Å². The second kappa shape index (κ2) is 10.5. The van der Waals surface area contributed by atoms with Gasteiger partial charge in [-0.25, -0.2) is 12.7 Å². The van der Waals surface area contributed by atoms with E-state index in [9.17, 15) is 13.2 Å². The van der Waals surface area contributed by atoms with Gasteiger partial charge in [0.25, 0.3) is 0 Å². The van der Waals surface area contributed by atoms with E-state index in [0.29, 0.717) is 38.5 Å². The summed E-state index contributed by atoms with van der Waals surface area (Å²) in [5, 5.41) is 0. The molecule has 0 aromatic rings. The van der Waals surface area contributed by atoms with Crippen LogP contribution in [0.2, 0.25) is 0 Å². The van der Waals surface area contributed by atoms with Gasteiger partial charge >= 0.3 is 0 Å². The van der Waals surface area contributed by atoms with Crippen molar-refractivity contribution < 1.29 is 17.9 Å². The first-order valence-corrected chi connectivity index (χ1v) is 11.4. The van der Waals surface area contributed by atoms with E-state index >= 15 is 0 Å². The number of carbonyl (C=O) groups excluding carboxylic acids is 1. The first kappa shape index (κ1) is 20.6. The Morgan fingerprint density at radius 1 is 1.12 bits per heavy atom. The van der Waals surface area contributed by atoms with Gasteiger partial charge in [-0.2, -0.15) is 0 Å². The third-order valence-electron chi connectivity index (χ3n) is 5.24. The number of sulfonamides is 1. The zero-order valence-corrected chi connectivity index (χ0v) is 16.4. The Hall–Kier alpha value is -0.660. The van der Waals surface area contributed by atoms with Crippen LogP contribution in [0.25, 0.3) is 0 Å². The molecule has 0 aromatic heterocycles. The van der Waals surface area contributed by atoms with Gasteiger partial charge in [0.1, 0.15) is 0 Å². The average molecular weight is 375 g/mol. The topological polar surface area (TPSA) is 66.9 Å². The number of amides is 1. The molecule has 2 saturated heterocycles. The molecule has 0 N–H and O–H groups in total. The summed E-state index contributed by atoms with van der Waals surface area (Å²) >= 11 is 0.